The molecule has 2 atom stereocenters. The van der Waals surface area contributed by atoms with Gasteiger partial charge in [-0.15, -0.1) is 0 Å². The highest BCUT2D eigenvalue weighted by Gasteiger charge is 2.26. The number of hydrogen-bond donors (Lipinski definition) is 2. The van der Waals surface area contributed by atoms with Gasteiger partial charge in [-0.2, -0.15) is 0 Å². The van der Waals surface area contributed by atoms with Crippen molar-refractivity contribution in [3.63, 3.8) is 0 Å². The maximum atomic E-state index is 11.9. The Kier molecular flexibility index (Phi) is 7.10. The molecule has 5 nitrogen and oxygen atoms in total. The smallest absolute Gasteiger partial charge is 0.234 e. The summed E-state index contributed by atoms with van der Waals surface area (Å²) in [6.07, 6.45) is 0.655. The van der Waals surface area contributed by atoms with Crippen molar-refractivity contribution in [3.05, 3.63) is 0 Å². The van der Waals surface area contributed by atoms with Crippen LogP contribution in [-0.4, -0.2) is 72.2 Å². The van der Waals surface area contributed by atoms with Crippen LogP contribution in [0.25, 0.3) is 0 Å². The third kappa shape index (κ3) is 6.76. The third-order valence-electron chi connectivity index (χ3n) is 4.28. The number of nitrogens with one attached hydrogen (secondary N) is 1. The van der Waals surface area contributed by atoms with E-state index in [-0.39, 0.29) is 23.5 Å². The van der Waals surface area contributed by atoms with E-state index in [2.05, 4.69) is 42.8 Å². The Morgan fingerprint density at radius 3 is 2.19 bits per heavy atom. The predicted molar refractivity (Wildman–Crippen MR) is 86.2 cm³/mol. The number of hydrogen-bond acceptors (Lipinski definition) is 4. The van der Waals surface area contributed by atoms with Crippen molar-refractivity contribution in [1.29, 1.82) is 0 Å². The van der Waals surface area contributed by atoms with Crippen LogP contribution in [0.4, 0.5) is 0 Å². The summed E-state index contributed by atoms with van der Waals surface area (Å²) in [5.41, 5.74) is -0.0761. The molecule has 5 heteroatoms. The van der Waals surface area contributed by atoms with Gasteiger partial charge < -0.3 is 10.4 Å². The lowest BCUT2D eigenvalue weighted by molar-refractivity contribution is -0.123. The fourth-order valence-corrected chi connectivity index (χ4v) is 2.27. The van der Waals surface area contributed by atoms with Crippen LogP contribution in [0.3, 0.4) is 0 Å². The Labute approximate surface area is 129 Å². The maximum Gasteiger partial charge on any atom is 0.234 e. The van der Waals surface area contributed by atoms with Crippen LogP contribution in [0.2, 0.25) is 0 Å². The summed E-state index contributed by atoms with van der Waals surface area (Å²) in [7, 11) is 0. The van der Waals surface area contributed by atoms with Crippen molar-refractivity contribution in [2.45, 2.75) is 53.2 Å². The van der Waals surface area contributed by atoms with Crippen LogP contribution >= 0.6 is 0 Å². The van der Waals surface area contributed by atoms with Crippen LogP contribution in [0.1, 0.15) is 41.0 Å². The molecule has 0 unspecified atom stereocenters. The summed E-state index contributed by atoms with van der Waals surface area (Å²) in [6, 6.07) is 0.251. The van der Waals surface area contributed by atoms with Crippen molar-refractivity contribution in [3.8, 4) is 0 Å². The molecule has 1 fully saturated rings. The van der Waals surface area contributed by atoms with Crippen LogP contribution in [0, 0.1) is 5.41 Å². The zero-order valence-corrected chi connectivity index (χ0v) is 14.4. The molecule has 1 aliphatic rings. The molecule has 1 saturated heterocycles. The average Bonchev–Trinajstić information content (AvgIpc) is 2.39. The van der Waals surface area contributed by atoms with E-state index in [4.69, 9.17) is 0 Å². The molecule has 0 aliphatic carbocycles. The van der Waals surface area contributed by atoms with Gasteiger partial charge in [0.1, 0.15) is 0 Å². The van der Waals surface area contributed by atoms with Crippen molar-refractivity contribution < 1.29 is 9.90 Å². The SMILES string of the molecule is CC[C@@H](C)NC(=O)CN1CCN(C[C@@H](O)C(C)(C)C)CC1. The minimum Gasteiger partial charge on any atom is -0.391 e. The van der Waals surface area contributed by atoms with Gasteiger partial charge in [0.05, 0.1) is 12.6 Å². The number of nitrogens with zero attached hydrogens (tertiary/aromatic N) is 2. The molecule has 1 aliphatic heterocycles. The first-order chi connectivity index (χ1) is 9.72. The molecule has 0 spiro atoms. The zero-order valence-electron chi connectivity index (χ0n) is 14.4. The lowest BCUT2D eigenvalue weighted by Crippen LogP contribution is -2.52. The normalized spacial score (nSPS) is 21.0. The topological polar surface area (TPSA) is 55.8 Å². The number of amides is 1. The molecule has 0 radical (unpaired) electrons. The lowest BCUT2D eigenvalue weighted by Gasteiger charge is -2.37. The Balaban J connectivity index is 2.28. The van der Waals surface area contributed by atoms with Gasteiger partial charge in [0, 0.05) is 38.8 Å². The fraction of sp³-hybridized carbons (Fsp3) is 0.938. The Morgan fingerprint density at radius 2 is 1.71 bits per heavy atom. The van der Waals surface area contributed by atoms with E-state index in [1.165, 1.54) is 0 Å². The second kappa shape index (κ2) is 8.11. The van der Waals surface area contributed by atoms with E-state index < -0.39 is 0 Å². The molecular formula is C16H33N3O2. The number of carbonyl (C=O) groups is 1. The van der Waals surface area contributed by atoms with E-state index in [0.29, 0.717) is 6.54 Å². The van der Waals surface area contributed by atoms with Crippen LogP contribution in [0.15, 0.2) is 0 Å². The minimum absolute atomic E-state index is 0.0761. The van der Waals surface area contributed by atoms with E-state index in [9.17, 15) is 9.90 Å². The largest absolute Gasteiger partial charge is 0.391 e. The first-order valence-corrected chi connectivity index (χ1v) is 8.14. The monoisotopic (exact) mass is 299 g/mol. The van der Waals surface area contributed by atoms with Gasteiger partial charge in [-0.1, -0.05) is 27.7 Å². The summed E-state index contributed by atoms with van der Waals surface area (Å²) in [4.78, 5) is 16.3. The van der Waals surface area contributed by atoms with Gasteiger partial charge >= 0.3 is 0 Å². The summed E-state index contributed by atoms with van der Waals surface area (Å²) < 4.78 is 0. The molecule has 21 heavy (non-hydrogen) atoms. The Bertz CT molecular complexity index is 320. The lowest BCUT2D eigenvalue weighted by atomic mass is 9.89. The van der Waals surface area contributed by atoms with E-state index >= 15 is 0 Å². The second-order valence-electron chi connectivity index (χ2n) is 7.34. The summed E-state index contributed by atoms with van der Waals surface area (Å²) in [5, 5.41) is 13.2. The number of carbonyl (C=O) groups excluding carboxylic acids is 1. The van der Waals surface area contributed by atoms with Crippen LogP contribution < -0.4 is 5.32 Å². The van der Waals surface area contributed by atoms with E-state index in [0.717, 1.165) is 39.1 Å². The highest BCUT2D eigenvalue weighted by Crippen LogP contribution is 2.20. The number of aliphatic hydroxyl groups excluding tert-OH is 1. The van der Waals surface area contributed by atoms with Gasteiger partial charge in [0.15, 0.2) is 0 Å². The van der Waals surface area contributed by atoms with Crippen molar-refractivity contribution in [1.82, 2.24) is 15.1 Å². The van der Waals surface area contributed by atoms with Crippen molar-refractivity contribution in [2.24, 2.45) is 5.41 Å². The molecule has 0 aromatic heterocycles. The summed E-state index contributed by atoms with van der Waals surface area (Å²) >= 11 is 0. The Hall–Kier alpha value is -0.650. The molecule has 0 aromatic carbocycles. The Morgan fingerprint density at radius 1 is 1.19 bits per heavy atom. The van der Waals surface area contributed by atoms with Gasteiger partial charge in [-0.25, -0.2) is 0 Å². The standard InChI is InChI=1S/C16H33N3O2/c1-6-13(2)17-15(21)12-19-9-7-18(8-10-19)11-14(20)16(3,4)5/h13-14,20H,6-12H2,1-5H3,(H,17,21)/t13-,14-/m1/s1. The van der Waals surface area contributed by atoms with Gasteiger partial charge in [0.2, 0.25) is 5.91 Å². The van der Waals surface area contributed by atoms with Crippen molar-refractivity contribution >= 4 is 5.91 Å². The molecule has 0 aromatic rings. The van der Waals surface area contributed by atoms with E-state index in [1.807, 2.05) is 6.92 Å². The third-order valence-corrected chi connectivity index (χ3v) is 4.28. The summed E-state index contributed by atoms with van der Waals surface area (Å²) in [6.45, 7) is 15.1. The average molecular weight is 299 g/mol. The highest BCUT2D eigenvalue weighted by molar-refractivity contribution is 5.78. The highest BCUT2D eigenvalue weighted by atomic mass is 16.3. The van der Waals surface area contributed by atoms with Crippen LogP contribution in [0.5, 0.6) is 0 Å². The first-order valence-electron chi connectivity index (χ1n) is 8.14. The van der Waals surface area contributed by atoms with Crippen LogP contribution in [-0.2, 0) is 4.79 Å². The van der Waals surface area contributed by atoms with Gasteiger partial charge in [-0.3, -0.25) is 14.6 Å². The fourth-order valence-electron chi connectivity index (χ4n) is 2.27. The quantitative estimate of drug-likeness (QED) is 0.766. The molecule has 1 amide bonds. The minimum atomic E-state index is -0.308. The molecule has 1 heterocycles. The number of piperazine rings is 1. The maximum absolute atomic E-state index is 11.9. The number of rotatable bonds is 6. The van der Waals surface area contributed by atoms with Crippen molar-refractivity contribution in [2.75, 3.05) is 39.3 Å². The molecule has 1 rings (SSSR count). The number of β-amino-alcohol motifs (C(OH)–C–C–N with tert-alkyl or cyclic N) is 1. The second-order valence-corrected chi connectivity index (χ2v) is 7.34. The zero-order chi connectivity index (χ0) is 16.0. The van der Waals surface area contributed by atoms with Gasteiger partial charge in [0.25, 0.3) is 0 Å². The summed E-state index contributed by atoms with van der Waals surface area (Å²) in [5.74, 6) is 0.118. The number of aliphatic hydroxyl groups is 1. The van der Waals surface area contributed by atoms with E-state index in [1.54, 1.807) is 0 Å². The molecule has 0 bridgehead atoms. The molecule has 124 valence electrons. The molecule has 2 N–H and O–H groups in total. The predicted octanol–water partition coefficient (Wildman–Crippen LogP) is 0.926. The first kappa shape index (κ1) is 18.4. The molecule has 0 saturated carbocycles. The molecular weight excluding hydrogens is 266 g/mol. The van der Waals surface area contributed by atoms with Gasteiger partial charge in [-0.05, 0) is 18.8 Å².